The fraction of sp³-hybridized carbons (Fsp3) is 0.600. The summed E-state index contributed by atoms with van der Waals surface area (Å²) >= 11 is 1.79. The van der Waals surface area contributed by atoms with E-state index in [2.05, 4.69) is 19.9 Å². The Hall–Kier alpha value is -1.07. The van der Waals surface area contributed by atoms with Crippen molar-refractivity contribution in [2.45, 2.75) is 36.9 Å². The first-order chi connectivity index (χ1) is 9.92. The van der Waals surface area contributed by atoms with Crippen molar-refractivity contribution in [3.05, 3.63) is 24.4 Å². The van der Waals surface area contributed by atoms with Crippen LogP contribution in [0.15, 0.2) is 29.6 Å². The Morgan fingerprint density at radius 1 is 1.20 bits per heavy atom. The quantitative estimate of drug-likeness (QED) is 0.628. The highest BCUT2D eigenvalue weighted by atomic mass is 32.2. The highest BCUT2D eigenvalue weighted by molar-refractivity contribution is 7.99. The smallest absolute Gasteiger partial charge is 0.195 e. The van der Waals surface area contributed by atoms with Crippen molar-refractivity contribution < 1.29 is 0 Å². The molecule has 5 heteroatoms. The minimum absolute atomic E-state index is 0.797. The highest BCUT2D eigenvalue weighted by Crippen LogP contribution is 2.44. The predicted molar refractivity (Wildman–Crippen MR) is 80.9 cm³/mol. The third-order valence-corrected chi connectivity index (χ3v) is 5.20. The zero-order valence-electron chi connectivity index (χ0n) is 11.5. The number of hydrogen-bond donors (Lipinski definition) is 1. The van der Waals surface area contributed by atoms with Gasteiger partial charge in [-0.2, -0.15) is 0 Å². The van der Waals surface area contributed by atoms with E-state index < -0.39 is 0 Å². The molecule has 4 rings (SSSR count). The number of nitrogens with one attached hydrogen (secondary N) is 1. The fourth-order valence-corrected chi connectivity index (χ4v) is 3.71. The van der Waals surface area contributed by atoms with Gasteiger partial charge in [-0.15, -0.1) is 10.2 Å². The molecule has 2 saturated carbocycles. The predicted octanol–water partition coefficient (Wildman–Crippen LogP) is 2.60. The molecule has 106 valence electrons. The summed E-state index contributed by atoms with van der Waals surface area (Å²) in [5.74, 6) is 3.01. The summed E-state index contributed by atoms with van der Waals surface area (Å²) in [5, 5.41) is 13.2. The largest absolute Gasteiger partial charge is 0.313 e. The normalized spacial score (nSPS) is 19.1. The van der Waals surface area contributed by atoms with Crippen molar-refractivity contribution in [1.82, 2.24) is 19.9 Å². The van der Waals surface area contributed by atoms with Crippen LogP contribution in [0.2, 0.25) is 0 Å². The third-order valence-electron chi connectivity index (χ3n) is 4.26. The van der Waals surface area contributed by atoms with Gasteiger partial charge in [-0.25, -0.2) is 0 Å². The summed E-state index contributed by atoms with van der Waals surface area (Å²) in [6, 6.07) is 6.81. The average molecular weight is 288 g/mol. The second-order valence-electron chi connectivity index (χ2n) is 5.91. The van der Waals surface area contributed by atoms with Gasteiger partial charge in [0.2, 0.25) is 0 Å². The van der Waals surface area contributed by atoms with Gasteiger partial charge < -0.3 is 5.32 Å². The Morgan fingerprint density at radius 2 is 2.00 bits per heavy atom. The van der Waals surface area contributed by atoms with Crippen molar-refractivity contribution in [3.63, 3.8) is 0 Å². The van der Waals surface area contributed by atoms with Crippen molar-refractivity contribution in [2.75, 3.05) is 12.3 Å². The van der Waals surface area contributed by atoms with Gasteiger partial charge in [-0.05, 0) is 49.7 Å². The molecule has 2 aromatic heterocycles. The van der Waals surface area contributed by atoms with Crippen LogP contribution in [0.3, 0.4) is 0 Å². The average Bonchev–Trinajstić information content (AvgIpc) is 3.38. The number of hydrogen-bond acceptors (Lipinski definition) is 4. The van der Waals surface area contributed by atoms with E-state index in [1.807, 2.05) is 24.4 Å². The number of pyridine rings is 1. The Morgan fingerprint density at radius 3 is 2.75 bits per heavy atom. The van der Waals surface area contributed by atoms with Gasteiger partial charge in [0, 0.05) is 24.5 Å². The monoisotopic (exact) mass is 288 g/mol. The van der Waals surface area contributed by atoms with Crippen LogP contribution in [0.25, 0.3) is 5.65 Å². The Labute approximate surface area is 123 Å². The summed E-state index contributed by atoms with van der Waals surface area (Å²) in [4.78, 5) is 0. The second-order valence-corrected chi connectivity index (χ2v) is 6.98. The minimum atomic E-state index is 0.797. The number of thioether (sulfide) groups is 1. The van der Waals surface area contributed by atoms with Gasteiger partial charge >= 0.3 is 0 Å². The van der Waals surface area contributed by atoms with Crippen LogP contribution >= 0.6 is 11.8 Å². The summed E-state index contributed by atoms with van der Waals surface area (Å²) < 4.78 is 2.06. The number of rotatable bonds is 7. The summed E-state index contributed by atoms with van der Waals surface area (Å²) in [5.41, 5.74) is 0.928. The lowest BCUT2D eigenvalue weighted by Crippen LogP contribution is -2.34. The van der Waals surface area contributed by atoms with Gasteiger partial charge in [0.1, 0.15) is 0 Å². The molecule has 0 radical (unpaired) electrons. The molecular formula is C15H20N4S. The maximum Gasteiger partial charge on any atom is 0.195 e. The van der Waals surface area contributed by atoms with Crippen molar-refractivity contribution in [2.24, 2.45) is 11.8 Å². The molecule has 0 amide bonds. The van der Waals surface area contributed by atoms with Crippen LogP contribution in [0.4, 0.5) is 0 Å². The first kappa shape index (κ1) is 12.7. The van der Waals surface area contributed by atoms with Crippen molar-refractivity contribution in [3.8, 4) is 0 Å². The third kappa shape index (κ3) is 2.69. The SMILES string of the molecule is c1ccn2c(SCCNC(C3CC3)C3CC3)nnc2c1. The molecule has 0 aliphatic heterocycles. The standard InChI is InChI=1S/C15H20N4S/c1-2-9-19-13(3-1)17-18-15(19)20-10-8-16-14(11-4-5-11)12-6-7-12/h1-3,9,11-12,14,16H,4-8,10H2. The molecule has 2 aliphatic carbocycles. The van der Waals surface area contributed by atoms with E-state index in [1.54, 1.807) is 11.8 Å². The van der Waals surface area contributed by atoms with Crippen LogP contribution in [0.5, 0.6) is 0 Å². The molecular weight excluding hydrogens is 268 g/mol. The van der Waals surface area contributed by atoms with Crippen LogP contribution < -0.4 is 5.32 Å². The maximum absolute atomic E-state index is 4.26. The lowest BCUT2D eigenvalue weighted by molar-refractivity contribution is 0.429. The van der Waals surface area contributed by atoms with E-state index in [0.29, 0.717) is 0 Å². The Kier molecular flexibility index (Phi) is 3.40. The van der Waals surface area contributed by atoms with E-state index in [0.717, 1.165) is 41.0 Å². The number of fused-ring (bicyclic) bond motifs is 1. The van der Waals surface area contributed by atoms with Crippen LogP contribution in [0, 0.1) is 11.8 Å². The molecule has 0 unspecified atom stereocenters. The number of aromatic nitrogens is 3. The second kappa shape index (κ2) is 5.37. The molecule has 4 nitrogen and oxygen atoms in total. The lowest BCUT2D eigenvalue weighted by Gasteiger charge is -2.17. The molecule has 0 aromatic carbocycles. The first-order valence-electron chi connectivity index (χ1n) is 7.58. The molecule has 0 saturated heterocycles. The summed E-state index contributed by atoms with van der Waals surface area (Å²) in [6.07, 6.45) is 7.79. The van der Waals surface area contributed by atoms with E-state index >= 15 is 0 Å². The van der Waals surface area contributed by atoms with Crippen LogP contribution in [-0.2, 0) is 0 Å². The number of nitrogens with zero attached hydrogens (tertiary/aromatic N) is 3. The summed E-state index contributed by atoms with van der Waals surface area (Å²) in [7, 11) is 0. The molecule has 2 aromatic rings. The van der Waals surface area contributed by atoms with Crippen LogP contribution in [-0.4, -0.2) is 32.9 Å². The van der Waals surface area contributed by atoms with E-state index in [1.165, 1.54) is 25.7 Å². The molecule has 2 heterocycles. The zero-order valence-corrected chi connectivity index (χ0v) is 12.4. The maximum atomic E-state index is 4.26. The molecule has 20 heavy (non-hydrogen) atoms. The van der Waals surface area contributed by atoms with Gasteiger partial charge in [0.25, 0.3) is 0 Å². The van der Waals surface area contributed by atoms with E-state index in [-0.39, 0.29) is 0 Å². The molecule has 1 N–H and O–H groups in total. The van der Waals surface area contributed by atoms with Gasteiger partial charge in [-0.1, -0.05) is 17.8 Å². The molecule has 2 fully saturated rings. The van der Waals surface area contributed by atoms with E-state index in [9.17, 15) is 0 Å². The van der Waals surface area contributed by atoms with E-state index in [4.69, 9.17) is 0 Å². The molecule has 2 aliphatic rings. The molecule has 0 bridgehead atoms. The van der Waals surface area contributed by atoms with Crippen molar-refractivity contribution in [1.29, 1.82) is 0 Å². The molecule has 0 atom stereocenters. The minimum Gasteiger partial charge on any atom is -0.313 e. The van der Waals surface area contributed by atoms with Gasteiger partial charge in [0.05, 0.1) is 0 Å². The fourth-order valence-electron chi connectivity index (χ4n) is 2.91. The highest BCUT2D eigenvalue weighted by Gasteiger charge is 2.40. The molecule has 0 spiro atoms. The van der Waals surface area contributed by atoms with Gasteiger partial charge in [-0.3, -0.25) is 4.40 Å². The zero-order chi connectivity index (χ0) is 13.4. The van der Waals surface area contributed by atoms with Crippen molar-refractivity contribution >= 4 is 17.4 Å². The Bertz CT molecular complexity index is 576. The van der Waals surface area contributed by atoms with Crippen LogP contribution in [0.1, 0.15) is 25.7 Å². The Balaban J connectivity index is 1.30. The summed E-state index contributed by atoms with van der Waals surface area (Å²) in [6.45, 7) is 1.07. The lowest BCUT2D eigenvalue weighted by atomic mass is 10.1. The first-order valence-corrected chi connectivity index (χ1v) is 8.56. The van der Waals surface area contributed by atoms with Gasteiger partial charge in [0.15, 0.2) is 10.8 Å². The topological polar surface area (TPSA) is 42.2 Å².